The normalized spacial score (nSPS) is 27.0. The summed E-state index contributed by atoms with van der Waals surface area (Å²) in [6, 6.07) is 0.398. The molecule has 0 aliphatic heterocycles. The predicted molar refractivity (Wildman–Crippen MR) is 58.2 cm³/mol. The van der Waals surface area contributed by atoms with Gasteiger partial charge in [-0.15, -0.1) is 0 Å². The fourth-order valence-corrected chi connectivity index (χ4v) is 2.19. The third kappa shape index (κ3) is 3.56. The Morgan fingerprint density at radius 1 is 1.36 bits per heavy atom. The first kappa shape index (κ1) is 11.3. The molecule has 2 atom stereocenters. The molecule has 0 bridgehead atoms. The summed E-state index contributed by atoms with van der Waals surface area (Å²) in [5, 5.41) is 5.81. The Bertz CT molecular complexity index is 182. The second kappa shape index (κ2) is 5.89. The van der Waals surface area contributed by atoms with Crippen molar-refractivity contribution in [2.45, 2.75) is 52.0 Å². The lowest BCUT2D eigenvalue weighted by Crippen LogP contribution is -2.43. The van der Waals surface area contributed by atoms with Gasteiger partial charge in [-0.05, 0) is 25.7 Å². The summed E-state index contributed by atoms with van der Waals surface area (Å²) in [6.45, 7) is 4.88. The van der Waals surface area contributed by atoms with Gasteiger partial charge in [0.25, 0.3) is 0 Å². The number of hydrogen-bond acceptors (Lipinski definition) is 1. The van der Waals surface area contributed by atoms with E-state index >= 15 is 0 Å². The maximum Gasteiger partial charge on any atom is 0.314 e. The van der Waals surface area contributed by atoms with Crippen LogP contribution in [0.15, 0.2) is 0 Å². The topological polar surface area (TPSA) is 41.1 Å². The minimum Gasteiger partial charge on any atom is -0.338 e. The van der Waals surface area contributed by atoms with Crippen molar-refractivity contribution in [2.75, 3.05) is 6.54 Å². The monoisotopic (exact) mass is 198 g/mol. The van der Waals surface area contributed by atoms with E-state index in [0.717, 1.165) is 18.8 Å². The highest BCUT2D eigenvalue weighted by Gasteiger charge is 2.21. The number of hydrogen-bond donors (Lipinski definition) is 2. The standard InChI is InChI=1S/C11H22N2O/c1-3-9-6-5-7-10(8-9)13-11(14)12-4-2/h9-10H,3-8H2,1-2H3,(H2,12,13,14). The zero-order chi connectivity index (χ0) is 10.4. The van der Waals surface area contributed by atoms with E-state index in [0.29, 0.717) is 12.6 Å². The molecule has 0 spiro atoms. The second-order valence-corrected chi connectivity index (χ2v) is 4.14. The molecule has 2 unspecified atom stereocenters. The summed E-state index contributed by atoms with van der Waals surface area (Å²) in [7, 11) is 0. The molecule has 3 nitrogen and oxygen atoms in total. The summed E-state index contributed by atoms with van der Waals surface area (Å²) in [5.74, 6) is 0.815. The third-order valence-corrected chi connectivity index (χ3v) is 3.03. The number of urea groups is 1. The zero-order valence-electron chi connectivity index (χ0n) is 9.31. The molecular weight excluding hydrogens is 176 g/mol. The molecule has 2 amide bonds. The minimum atomic E-state index is -0.00532. The van der Waals surface area contributed by atoms with E-state index in [4.69, 9.17) is 0 Å². The van der Waals surface area contributed by atoms with Gasteiger partial charge < -0.3 is 10.6 Å². The van der Waals surface area contributed by atoms with Crippen LogP contribution in [0.25, 0.3) is 0 Å². The molecule has 1 aliphatic carbocycles. The molecule has 0 radical (unpaired) electrons. The van der Waals surface area contributed by atoms with Gasteiger partial charge in [0.15, 0.2) is 0 Å². The smallest absolute Gasteiger partial charge is 0.314 e. The van der Waals surface area contributed by atoms with Crippen molar-refractivity contribution in [1.82, 2.24) is 10.6 Å². The van der Waals surface area contributed by atoms with Crippen molar-refractivity contribution < 1.29 is 4.79 Å². The Kier molecular flexibility index (Phi) is 4.77. The van der Waals surface area contributed by atoms with Crippen LogP contribution in [-0.4, -0.2) is 18.6 Å². The molecule has 2 N–H and O–H groups in total. The molecule has 0 saturated heterocycles. The van der Waals surface area contributed by atoms with Crippen molar-refractivity contribution in [3.63, 3.8) is 0 Å². The van der Waals surface area contributed by atoms with Crippen molar-refractivity contribution in [3.05, 3.63) is 0 Å². The number of carbonyl (C=O) groups is 1. The van der Waals surface area contributed by atoms with E-state index in [9.17, 15) is 4.79 Å². The van der Waals surface area contributed by atoms with E-state index < -0.39 is 0 Å². The summed E-state index contributed by atoms with van der Waals surface area (Å²) in [6.07, 6.45) is 6.15. The molecule has 0 heterocycles. The molecule has 3 heteroatoms. The van der Waals surface area contributed by atoms with Gasteiger partial charge >= 0.3 is 6.03 Å². The van der Waals surface area contributed by atoms with Gasteiger partial charge in [-0.2, -0.15) is 0 Å². The molecule has 1 aliphatic rings. The van der Waals surface area contributed by atoms with Crippen LogP contribution in [0.2, 0.25) is 0 Å². The van der Waals surface area contributed by atoms with E-state index in [1.54, 1.807) is 0 Å². The van der Waals surface area contributed by atoms with Gasteiger partial charge in [-0.3, -0.25) is 0 Å². The highest BCUT2D eigenvalue weighted by atomic mass is 16.2. The molecule has 82 valence electrons. The predicted octanol–water partition coefficient (Wildman–Crippen LogP) is 2.27. The van der Waals surface area contributed by atoms with Crippen LogP contribution in [0.5, 0.6) is 0 Å². The summed E-state index contributed by atoms with van der Waals surface area (Å²) in [5.41, 5.74) is 0. The van der Waals surface area contributed by atoms with Gasteiger partial charge in [0.2, 0.25) is 0 Å². The Balaban J connectivity index is 2.26. The van der Waals surface area contributed by atoms with Crippen molar-refractivity contribution in [1.29, 1.82) is 0 Å². The minimum absolute atomic E-state index is 0.00532. The van der Waals surface area contributed by atoms with Crippen molar-refractivity contribution in [3.8, 4) is 0 Å². The molecule has 1 rings (SSSR count). The first-order chi connectivity index (χ1) is 6.76. The van der Waals surface area contributed by atoms with Gasteiger partial charge in [0.05, 0.1) is 0 Å². The molecular formula is C11H22N2O. The van der Waals surface area contributed by atoms with Crippen LogP contribution in [0.4, 0.5) is 4.79 Å². The maximum absolute atomic E-state index is 11.3. The summed E-state index contributed by atoms with van der Waals surface area (Å²) in [4.78, 5) is 11.3. The van der Waals surface area contributed by atoms with Crippen molar-refractivity contribution in [2.24, 2.45) is 5.92 Å². The quantitative estimate of drug-likeness (QED) is 0.717. The summed E-state index contributed by atoms with van der Waals surface area (Å²) >= 11 is 0. The van der Waals surface area contributed by atoms with Crippen LogP contribution in [0, 0.1) is 5.92 Å². The van der Waals surface area contributed by atoms with Crippen LogP contribution in [0.1, 0.15) is 46.0 Å². The molecule has 14 heavy (non-hydrogen) atoms. The number of amides is 2. The fourth-order valence-electron chi connectivity index (χ4n) is 2.19. The molecule has 0 aromatic rings. The molecule has 1 saturated carbocycles. The summed E-state index contributed by atoms with van der Waals surface area (Å²) < 4.78 is 0. The molecule has 0 aromatic carbocycles. The average Bonchev–Trinajstić information content (AvgIpc) is 2.18. The lowest BCUT2D eigenvalue weighted by Gasteiger charge is -2.29. The molecule has 1 fully saturated rings. The van der Waals surface area contributed by atoms with Crippen LogP contribution in [-0.2, 0) is 0 Å². The Morgan fingerprint density at radius 2 is 2.14 bits per heavy atom. The lowest BCUT2D eigenvalue weighted by atomic mass is 9.84. The largest absolute Gasteiger partial charge is 0.338 e. The van der Waals surface area contributed by atoms with Crippen LogP contribution in [0.3, 0.4) is 0 Å². The Hall–Kier alpha value is -0.730. The van der Waals surface area contributed by atoms with E-state index in [1.807, 2.05) is 6.92 Å². The van der Waals surface area contributed by atoms with E-state index in [-0.39, 0.29) is 6.03 Å². The third-order valence-electron chi connectivity index (χ3n) is 3.03. The average molecular weight is 198 g/mol. The van der Waals surface area contributed by atoms with Crippen molar-refractivity contribution >= 4 is 6.03 Å². The van der Waals surface area contributed by atoms with Crippen LogP contribution >= 0.6 is 0 Å². The second-order valence-electron chi connectivity index (χ2n) is 4.14. The number of carbonyl (C=O) groups excluding carboxylic acids is 1. The zero-order valence-corrected chi connectivity index (χ0v) is 9.31. The number of rotatable bonds is 3. The van der Waals surface area contributed by atoms with Gasteiger partial charge in [0.1, 0.15) is 0 Å². The first-order valence-electron chi connectivity index (χ1n) is 5.80. The number of nitrogens with one attached hydrogen (secondary N) is 2. The van der Waals surface area contributed by atoms with Gasteiger partial charge in [-0.1, -0.05) is 26.2 Å². The Morgan fingerprint density at radius 3 is 2.79 bits per heavy atom. The SMILES string of the molecule is CCNC(=O)NC1CCCC(CC)C1. The fraction of sp³-hybridized carbons (Fsp3) is 0.909. The van der Waals surface area contributed by atoms with Gasteiger partial charge in [0, 0.05) is 12.6 Å². The highest BCUT2D eigenvalue weighted by Crippen LogP contribution is 2.26. The van der Waals surface area contributed by atoms with E-state index in [2.05, 4.69) is 17.6 Å². The first-order valence-corrected chi connectivity index (χ1v) is 5.80. The maximum atomic E-state index is 11.3. The lowest BCUT2D eigenvalue weighted by molar-refractivity contribution is 0.225. The Labute approximate surface area is 86.6 Å². The molecule has 0 aromatic heterocycles. The van der Waals surface area contributed by atoms with Crippen LogP contribution < -0.4 is 10.6 Å². The van der Waals surface area contributed by atoms with Gasteiger partial charge in [-0.25, -0.2) is 4.79 Å². The highest BCUT2D eigenvalue weighted by molar-refractivity contribution is 5.74. The van der Waals surface area contributed by atoms with E-state index in [1.165, 1.54) is 19.3 Å².